The van der Waals surface area contributed by atoms with Gasteiger partial charge in [-0.25, -0.2) is 0 Å². The average Bonchev–Trinajstić information content (AvgIpc) is 2.61. The summed E-state index contributed by atoms with van der Waals surface area (Å²) in [6, 6.07) is 0. The Bertz CT molecular complexity index is 177. The molecule has 90 valence electrons. The molecule has 0 spiro atoms. The first-order valence-corrected chi connectivity index (χ1v) is 7.38. The summed E-state index contributed by atoms with van der Waals surface area (Å²) in [6.07, 6.45) is 6.97. The summed E-state index contributed by atoms with van der Waals surface area (Å²) in [5, 5.41) is 10.2. The standard InChI is InChI=1S/C12H25NOS/c1-2-3-8-15-9-6-11-5-4-7-12(11,14)10-13/h11,14H,2-10,13H2,1H3. The van der Waals surface area contributed by atoms with Gasteiger partial charge in [-0.2, -0.15) is 11.8 Å². The third-order valence-electron chi connectivity index (χ3n) is 3.53. The molecule has 0 aliphatic heterocycles. The van der Waals surface area contributed by atoms with Crippen molar-refractivity contribution >= 4 is 11.8 Å². The predicted octanol–water partition coefficient (Wildman–Crippen LogP) is 2.40. The highest BCUT2D eigenvalue weighted by Gasteiger charge is 2.39. The summed E-state index contributed by atoms with van der Waals surface area (Å²) in [7, 11) is 0. The molecule has 0 radical (unpaired) electrons. The SMILES string of the molecule is CCCCSCCC1CCCC1(O)CN. The largest absolute Gasteiger partial charge is 0.388 e. The summed E-state index contributed by atoms with van der Waals surface area (Å²) in [6.45, 7) is 2.67. The van der Waals surface area contributed by atoms with Crippen LogP contribution in [0, 0.1) is 5.92 Å². The van der Waals surface area contributed by atoms with Crippen molar-refractivity contribution < 1.29 is 5.11 Å². The lowest BCUT2D eigenvalue weighted by Crippen LogP contribution is -2.41. The molecule has 1 aliphatic carbocycles. The molecule has 1 saturated carbocycles. The van der Waals surface area contributed by atoms with Crippen molar-refractivity contribution in [2.45, 2.75) is 51.0 Å². The molecule has 0 saturated heterocycles. The van der Waals surface area contributed by atoms with Crippen LogP contribution < -0.4 is 5.73 Å². The number of nitrogens with two attached hydrogens (primary N) is 1. The Morgan fingerprint density at radius 2 is 2.27 bits per heavy atom. The van der Waals surface area contributed by atoms with Gasteiger partial charge in [-0.05, 0) is 43.1 Å². The van der Waals surface area contributed by atoms with Crippen molar-refractivity contribution in [1.82, 2.24) is 0 Å². The van der Waals surface area contributed by atoms with E-state index in [4.69, 9.17) is 5.73 Å². The molecule has 0 aromatic rings. The molecule has 15 heavy (non-hydrogen) atoms. The fraction of sp³-hybridized carbons (Fsp3) is 1.00. The van der Waals surface area contributed by atoms with Crippen molar-refractivity contribution in [2.75, 3.05) is 18.1 Å². The molecule has 1 aliphatic rings. The average molecular weight is 231 g/mol. The zero-order valence-electron chi connectivity index (χ0n) is 9.87. The number of aliphatic hydroxyl groups is 1. The summed E-state index contributed by atoms with van der Waals surface area (Å²) in [5.41, 5.74) is 5.12. The van der Waals surface area contributed by atoms with Gasteiger partial charge < -0.3 is 10.8 Å². The summed E-state index contributed by atoms with van der Waals surface area (Å²) >= 11 is 2.02. The zero-order valence-corrected chi connectivity index (χ0v) is 10.7. The van der Waals surface area contributed by atoms with E-state index >= 15 is 0 Å². The normalized spacial score (nSPS) is 31.0. The van der Waals surface area contributed by atoms with Crippen LogP contribution in [0.2, 0.25) is 0 Å². The van der Waals surface area contributed by atoms with Crippen molar-refractivity contribution in [3.63, 3.8) is 0 Å². The molecule has 3 heteroatoms. The molecule has 0 bridgehead atoms. The summed E-state index contributed by atoms with van der Waals surface area (Å²) in [5.74, 6) is 2.91. The number of unbranched alkanes of at least 4 members (excludes halogenated alkanes) is 1. The van der Waals surface area contributed by atoms with E-state index in [1.165, 1.54) is 30.8 Å². The number of hydrogen-bond donors (Lipinski definition) is 2. The molecular formula is C12H25NOS. The molecule has 1 fully saturated rings. The molecule has 3 N–H and O–H groups in total. The fourth-order valence-corrected chi connectivity index (χ4v) is 3.53. The maximum absolute atomic E-state index is 10.2. The first-order valence-electron chi connectivity index (χ1n) is 6.23. The second-order valence-corrected chi connectivity index (χ2v) is 5.88. The molecule has 0 aromatic carbocycles. The maximum Gasteiger partial charge on any atom is 0.0797 e. The van der Waals surface area contributed by atoms with Crippen LogP contribution in [0.3, 0.4) is 0 Å². The van der Waals surface area contributed by atoms with Gasteiger partial charge >= 0.3 is 0 Å². The minimum absolute atomic E-state index is 0.442. The first-order chi connectivity index (χ1) is 7.23. The molecule has 0 heterocycles. The van der Waals surface area contributed by atoms with E-state index in [0.717, 1.165) is 19.3 Å². The van der Waals surface area contributed by atoms with Gasteiger partial charge in [0.2, 0.25) is 0 Å². The third-order valence-corrected chi connectivity index (χ3v) is 4.63. The van der Waals surface area contributed by atoms with E-state index in [2.05, 4.69) is 6.92 Å². The maximum atomic E-state index is 10.2. The lowest BCUT2D eigenvalue weighted by molar-refractivity contribution is 0.0104. The van der Waals surface area contributed by atoms with E-state index in [0.29, 0.717) is 12.5 Å². The first kappa shape index (κ1) is 13.3. The van der Waals surface area contributed by atoms with Gasteiger partial charge in [0.05, 0.1) is 5.60 Å². The minimum atomic E-state index is -0.536. The van der Waals surface area contributed by atoms with Gasteiger partial charge in [-0.15, -0.1) is 0 Å². The molecule has 0 aromatic heterocycles. The number of rotatable bonds is 7. The molecule has 2 atom stereocenters. The van der Waals surface area contributed by atoms with Gasteiger partial charge in [0, 0.05) is 6.54 Å². The molecule has 1 rings (SSSR count). The molecule has 2 unspecified atom stereocenters. The Morgan fingerprint density at radius 3 is 2.93 bits per heavy atom. The van der Waals surface area contributed by atoms with Gasteiger partial charge in [-0.3, -0.25) is 0 Å². The van der Waals surface area contributed by atoms with Crippen LogP contribution in [0.25, 0.3) is 0 Å². The molecule has 2 nitrogen and oxygen atoms in total. The van der Waals surface area contributed by atoms with Crippen molar-refractivity contribution in [3.8, 4) is 0 Å². The quantitative estimate of drug-likeness (QED) is 0.661. The molecule has 0 amide bonds. The van der Waals surface area contributed by atoms with Crippen LogP contribution in [0.1, 0.15) is 45.4 Å². The van der Waals surface area contributed by atoms with E-state index in [1.54, 1.807) is 0 Å². The Balaban J connectivity index is 2.15. The summed E-state index contributed by atoms with van der Waals surface area (Å²) < 4.78 is 0. The predicted molar refractivity (Wildman–Crippen MR) is 68.2 cm³/mol. The lowest BCUT2D eigenvalue weighted by atomic mass is 9.89. The van der Waals surface area contributed by atoms with Crippen LogP contribution in [-0.4, -0.2) is 28.8 Å². The van der Waals surface area contributed by atoms with E-state index < -0.39 is 5.60 Å². The van der Waals surface area contributed by atoms with E-state index in [9.17, 15) is 5.11 Å². The topological polar surface area (TPSA) is 46.2 Å². The second kappa shape index (κ2) is 6.77. The highest BCUT2D eigenvalue weighted by Crippen LogP contribution is 2.37. The van der Waals surface area contributed by atoms with Crippen LogP contribution in [0.4, 0.5) is 0 Å². The van der Waals surface area contributed by atoms with Crippen molar-refractivity contribution in [2.24, 2.45) is 11.7 Å². The fourth-order valence-electron chi connectivity index (χ4n) is 2.38. The Kier molecular flexibility index (Phi) is 6.02. The highest BCUT2D eigenvalue weighted by atomic mass is 32.2. The van der Waals surface area contributed by atoms with Crippen molar-refractivity contribution in [3.05, 3.63) is 0 Å². The smallest absolute Gasteiger partial charge is 0.0797 e. The second-order valence-electron chi connectivity index (χ2n) is 4.65. The van der Waals surface area contributed by atoms with E-state index in [-0.39, 0.29) is 0 Å². The van der Waals surface area contributed by atoms with Gasteiger partial charge in [0.15, 0.2) is 0 Å². The van der Waals surface area contributed by atoms with Gasteiger partial charge in [0.25, 0.3) is 0 Å². The van der Waals surface area contributed by atoms with Gasteiger partial charge in [-0.1, -0.05) is 19.8 Å². The zero-order chi connectivity index (χ0) is 11.1. The number of thioether (sulfide) groups is 1. The number of hydrogen-bond acceptors (Lipinski definition) is 3. The lowest BCUT2D eigenvalue weighted by Gasteiger charge is -2.28. The Labute approximate surface area is 98.0 Å². The Morgan fingerprint density at radius 1 is 1.47 bits per heavy atom. The highest BCUT2D eigenvalue weighted by molar-refractivity contribution is 7.99. The van der Waals surface area contributed by atoms with Crippen molar-refractivity contribution in [1.29, 1.82) is 0 Å². The van der Waals surface area contributed by atoms with E-state index in [1.807, 2.05) is 11.8 Å². The third kappa shape index (κ3) is 3.97. The monoisotopic (exact) mass is 231 g/mol. The Hall–Kier alpha value is 0.270. The van der Waals surface area contributed by atoms with Crippen LogP contribution in [0.15, 0.2) is 0 Å². The van der Waals surface area contributed by atoms with Crippen LogP contribution >= 0.6 is 11.8 Å². The van der Waals surface area contributed by atoms with Crippen LogP contribution in [-0.2, 0) is 0 Å². The van der Waals surface area contributed by atoms with Gasteiger partial charge in [0.1, 0.15) is 0 Å². The summed E-state index contributed by atoms with van der Waals surface area (Å²) in [4.78, 5) is 0. The molecular weight excluding hydrogens is 206 g/mol. The van der Waals surface area contributed by atoms with Crippen LogP contribution in [0.5, 0.6) is 0 Å². The minimum Gasteiger partial charge on any atom is -0.388 e.